The number of rotatable bonds is 8. The number of hydrogen-bond donors (Lipinski definition) is 3. The Morgan fingerprint density at radius 2 is 2.06 bits per heavy atom. The van der Waals surface area contributed by atoms with Gasteiger partial charge < -0.3 is 15.6 Å². The summed E-state index contributed by atoms with van der Waals surface area (Å²) in [5.74, 6) is -0.0215. The van der Waals surface area contributed by atoms with Gasteiger partial charge in [-0.15, -0.1) is 10.2 Å². The average molecular weight is 500 g/mol. The van der Waals surface area contributed by atoms with Crippen molar-refractivity contribution in [3.05, 3.63) is 53.1 Å². The summed E-state index contributed by atoms with van der Waals surface area (Å²) in [4.78, 5) is 0. The molecular weight excluding hydrogens is 474 g/mol. The molecule has 1 aliphatic carbocycles. The van der Waals surface area contributed by atoms with E-state index in [2.05, 4.69) is 21.0 Å². The van der Waals surface area contributed by atoms with Crippen LogP contribution in [0, 0.1) is 11.3 Å². The van der Waals surface area contributed by atoms with E-state index in [-0.39, 0.29) is 6.10 Å². The normalized spacial score (nSPS) is 16.3. The van der Waals surface area contributed by atoms with Gasteiger partial charge in [0.2, 0.25) is 10.0 Å². The van der Waals surface area contributed by atoms with Crippen LogP contribution in [-0.2, 0) is 16.4 Å². The molecular formula is C23H25N5O4S2. The first-order chi connectivity index (χ1) is 16.2. The molecule has 1 aromatic heterocycles. The number of hydrogen-bond acceptors (Lipinski definition) is 9. The lowest BCUT2D eigenvalue weighted by Crippen LogP contribution is -2.37. The van der Waals surface area contributed by atoms with Gasteiger partial charge in [0.1, 0.15) is 33.8 Å². The van der Waals surface area contributed by atoms with Crippen molar-refractivity contribution in [2.24, 2.45) is 5.73 Å². The summed E-state index contributed by atoms with van der Waals surface area (Å²) < 4.78 is 32.8. The number of nitriles is 1. The van der Waals surface area contributed by atoms with Crippen LogP contribution in [0.25, 0.3) is 21.1 Å². The molecule has 11 heteroatoms. The molecule has 4 N–H and O–H groups in total. The number of aliphatic hydroxyl groups excluding tert-OH is 1. The lowest BCUT2D eigenvalue weighted by molar-refractivity contribution is 0.205. The van der Waals surface area contributed by atoms with Crippen molar-refractivity contribution < 1.29 is 18.3 Å². The standard InChI is InChI=1S/C23H25N5O4S2/c1-13(2)32-20-9-6-14(10-15(20)11-24)22-26-27-23(33-22)18-5-3-4-17-16(18)7-8-19(17)28-34(30,31)12-21(25)29/h3-6,9-10,13,19,21,28-29H,7-8,12,25H2,1-2H3. The SMILES string of the molecule is CC(C)Oc1ccc(-c2nnc(-c3cccc4c3CCC4NS(=O)(=O)CC(N)O)s2)cc1C#N. The fraction of sp³-hybridized carbons (Fsp3) is 0.348. The second-order valence-electron chi connectivity index (χ2n) is 8.33. The molecule has 2 unspecified atom stereocenters. The third kappa shape index (κ3) is 5.27. The summed E-state index contributed by atoms with van der Waals surface area (Å²) in [5, 5.41) is 28.9. The Morgan fingerprint density at radius 3 is 2.76 bits per heavy atom. The lowest BCUT2D eigenvalue weighted by atomic mass is 10.0. The summed E-state index contributed by atoms with van der Waals surface area (Å²) in [6, 6.07) is 12.9. The van der Waals surface area contributed by atoms with Crippen molar-refractivity contribution >= 4 is 21.4 Å². The van der Waals surface area contributed by atoms with Crippen molar-refractivity contribution in [2.45, 2.75) is 45.1 Å². The molecule has 1 heterocycles. The first-order valence-electron chi connectivity index (χ1n) is 10.8. The highest BCUT2D eigenvalue weighted by Crippen LogP contribution is 2.40. The van der Waals surface area contributed by atoms with Crippen LogP contribution in [0.2, 0.25) is 0 Å². The maximum absolute atomic E-state index is 12.3. The van der Waals surface area contributed by atoms with Crippen LogP contribution < -0.4 is 15.2 Å². The highest BCUT2D eigenvalue weighted by molar-refractivity contribution is 7.89. The summed E-state index contributed by atoms with van der Waals surface area (Å²) >= 11 is 1.41. The second kappa shape index (κ2) is 9.77. The monoisotopic (exact) mass is 499 g/mol. The predicted octanol–water partition coefficient (Wildman–Crippen LogP) is 2.71. The van der Waals surface area contributed by atoms with Gasteiger partial charge in [0.25, 0.3) is 0 Å². The van der Waals surface area contributed by atoms with E-state index < -0.39 is 28.0 Å². The van der Waals surface area contributed by atoms with Crippen LogP contribution in [0.1, 0.15) is 43.0 Å². The highest BCUT2D eigenvalue weighted by Gasteiger charge is 2.29. The molecule has 178 valence electrons. The minimum Gasteiger partial charge on any atom is -0.490 e. The molecule has 0 bridgehead atoms. The van der Waals surface area contributed by atoms with Gasteiger partial charge >= 0.3 is 0 Å². The van der Waals surface area contributed by atoms with Crippen molar-refractivity contribution in [1.29, 1.82) is 5.26 Å². The third-order valence-electron chi connectivity index (χ3n) is 5.35. The predicted molar refractivity (Wildman–Crippen MR) is 129 cm³/mol. The van der Waals surface area contributed by atoms with Crippen LogP contribution in [0.4, 0.5) is 0 Å². The number of nitrogens with two attached hydrogens (primary N) is 1. The van der Waals surface area contributed by atoms with E-state index in [1.54, 1.807) is 12.1 Å². The maximum atomic E-state index is 12.3. The zero-order valence-corrected chi connectivity index (χ0v) is 20.4. The summed E-state index contributed by atoms with van der Waals surface area (Å²) in [6.07, 6.45) is -0.198. The van der Waals surface area contributed by atoms with Crippen molar-refractivity contribution in [3.8, 4) is 33.0 Å². The smallest absolute Gasteiger partial charge is 0.216 e. The molecule has 0 saturated heterocycles. The molecule has 0 saturated carbocycles. The van der Waals surface area contributed by atoms with E-state index in [1.807, 2.05) is 38.1 Å². The quantitative estimate of drug-likeness (QED) is 0.400. The van der Waals surface area contributed by atoms with Crippen LogP contribution in [0.5, 0.6) is 5.75 Å². The number of nitrogens with zero attached hydrogens (tertiary/aromatic N) is 3. The van der Waals surface area contributed by atoms with Crippen molar-refractivity contribution in [1.82, 2.24) is 14.9 Å². The van der Waals surface area contributed by atoms with Crippen molar-refractivity contribution in [2.75, 3.05) is 5.75 Å². The molecule has 0 amide bonds. The van der Waals surface area contributed by atoms with Gasteiger partial charge in [0.15, 0.2) is 0 Å². The van der Waals surface area contributed by atoms with Crippen LogP contribution >= 0.6 is 11.3 Å². The Kier molecular flexibility index (Phi) is 6.97. The number of sulfonamides is 1. The lowest BCUT2D eigenvalue weighted by Gasteiger charge is -2.15. The number of fused-ring (bicyclic) bond motifs is 1. The topological polar surface area (TPSA) is 151 Å². The number of nitrogens with one attached hydrogen (secondary N) is 1. The molecule has 0 radical (unpaired) electrons. The molecule has 0 aliphatic heterocycles. The van der Waals surface area contributed by atoms with Gasteiger partial charge in [-0.25, -0.2) is 13.1 Å². The van der Waals surface area contributed by atoms with Crippen LogP contribution in [-0.4, -0.2) is 41.8 Å². The van der Waals surface area contributed by atoms with E-state index in [0.717, 1.165) is 22.3 Å². The maximum Gasteiger partial charge on any atom is 0.216 e. The van der Waals surface area contributed by atoms with Crippen LogP contribution in [0.15, 0.2) is 36.4 Å². The number of benzene rings is 2. The molecule has 2 aromatic carbocycles. The van der Waals surface area contributed by atoms with Crippen molar-refractivity contribution in [3.63, 3.8) is 0 Å². The summed E-state index contributed by atoms with van der Waals surface area (Å²) in [7, 11) is -3.72. The van der Waals surface area contributed by atoms with E-state index in [4.69, 9.17) is 10.5 Å². The zero-order chi connectivity index (χ0) is 24.5. The zero-order valence-electron chi connectivity index (χ0n) is 18.7. The van der Waals surface area contributed by atoms with Gasteiger partial charge in [0.05, 0.1) is 11.7 Å². The Hall–Kier alpha value is -2.88. The molecule has 34 heavy (non-hydrogen) atoms. The first kappa shape index (κ1) is 24.3. The van der Waals surface area contributed by atoms with Gasteiger partial charge in [-0.2, -0.15) is 5.26 Å². The number of aliphatic hydroxyl groups is 1. The fourth-order valence-electron chi connectivity index (χ4n) is 4.02. The largest absolute Gasteiger partial charge is 0.490 e. The Labute approximate surface area is 202 Å². The van der Waals surface area contributed by atoms with E-state index in [9.17, 15) is 18.8 Å². The van der Waals surface area contributed by atoms with Gasteiger partial charge in [-0.3, -0.25) is 0 Å². The molecule has 2 atom stereocenters. The molecule has 4 rings (SSSR count). The first-order valence-corrected chi connectivity index (χ1v) is 13.2. The molecule has 0 spiro atoms. The minimum atomic E-state index is -3.72. The summed E-state index contributed by atoms with van der Waals surface area (Å²) in [6.45, 7) is 3.81. The van der Waals surface area contributed by atoms with Gasteiger partial charge in [-0.05, 0) is 56.0 Å². The Bertz CT molecular complexity index is 1350. The third-order valence-corrected chi connectivity index (χ3v) is 7.78. The Morgan fingerprint density at radius 1 is 1.29 bits per heavy atom. The van der Waals surface area contributed by atoms with E-state index >= 15 is 0 Å². The van der Waals surface area contributed by atoms with Gasteiger partial charge in [0, 0.05) is 17.2 Å². The molecule has 9 nitrogen and oxygen atoms in total. The average Bonchev–Trinajstić information content (AvgIpc) is 3.40. The number of ether oxygens (including phenoxy) is 1. The second-order valence-corrected chi connectivity index (χ2v) is 11.1. The van der Waals surface area contributed by atoms with E-state index in [0.29, 0.717) is 34.2 Å². The number of aromatic nitrogens is 2. The molecule has 1 aliphatic rings. The highest BCUT2D eigenvalue weighted by atomic mass is 32.2. The summed E-state index contributed by atoms with van der Waals surface area (Å²) in [5.41, 5.74) is 9.25. The van der Waals surface area contributed by atoms with E-state index in [1.165, 1.54) is 11.3 Å². The minimum absolute atomic E-state index is 0.0417. The molecule has 0 fully saturated rings. The Balaban J connectivity index is 1.61. The van der Waals surface area contributed by atoms with Crippen LogP contribution in [0.3, 0.4) is 0 Å². The molecule has 3 aromatic rings. The van der Waals surface area contributed by atoms with Gasteiger partial charge in [-0.1, -0.05) is 29.5 Å². The fourth-order valence-corrected chi connectivity index (χ4v) is 6.14.